The topological polar surface area (TPSA) is 80.3 Å². The van der Waals surface area contributed by atoms with Crippen molar-refractivity contribution in [1.29, 1.82) is 0 Å². The lowest BCUT2D eigenvalue weighted by atomic mass is 10.2. The Balaban J connectivity index is 2.23. The minimum Gasteiger partial charge on any atom is -0.495 e. The predicted molar refractivity (Wildman–Crippen MR) is 97.5 cm³/mol. The Kier molecular flexibility index (Phi) is 6.14. The second kappa shape index (κ2) is 8.30. The summed E-state index contributed by atoms with van der Waals surface area (Å²) in [5.41, 5.74) is 1.71. The molecule has 6 nitrogen and oxygen atoms in total. The fourth-order valence-corrected chi connectivity index (χ4v) is 2.23. The number of aryl methyl sites for hydroxylation is 1. The number of rotatable bonds is 6. The van der Waals surface area contributed by atoms with E-state index in [1.165, 1.54) is 25.4 Å². The van der Waals surface area contributed by atoms with Gasteiger partial charge in [0.2, 0.25) is 0 Å². The summed E-state index contributed by atoms with van der Waals surface area (Å²) < 4.78 is 5.23. The second-order valence-corrected chi connectivity index (χ2v) is 5.59. The van der Waals surface area contributed by atoms with Crippen molar-refractivity contribution in [2.24, 2.45) is 0 Å². The molecule has 1 aromatic heterocycles. The van der Waals surface area contributed by atoms with E-state index < -0.39 is 5.91 Å². The Labute approximate surface area is 150 Å². The van der Waals surface area contributed by atoms with Gasteiger partial charge in [-0.1, -0.05) is 17.7 Å². The van der Waals surface area contributed by atoms with Crippen LogP contribution >= 0.6 is 11.6 Å². The third-order valence-corrected chi connectivity index (χ3v) is 3.80. The number of hydrogen-bond donors (Lipinski definition) is 2. The zero-order valence-corrected chi connectivity index (χ0v) is 14.7. The highest BCUT2D eigenvalue weighted by Crippen LogP contribution is 2.31. The Morgan fingerprint density at radius 1 is 1.32 bits per heavy atom. The van der Waals surface area contributed by atoms with Gasteiger partial charge in [-0.3, -0.25) is 14.6 Å². The summed E-state index contributed by atoms with van der Waals surface area (Å²) in [5.74, 6) is -0.335. The first-order valence-corrected chi connectivity index (χ1v) is 7.84. The normalized spacial score (nSPS) is 10.0. The van der Waals surface area contributed by atoms with E-state index in [1.54, 1.807) is 18.2 Å². The molecule has 0 aliphatic rings. The molecule has 2 aromatic rings. The highest BCUT2D eigenvalue weighted by Gasteiger charge is 2.15. The van der Waals surface area contributed by atoms with Gasteiger partial charge in [-0.15, -0.1) is 6.58 Å². The zero-order valence-electron chi connectivity index (χ0n) is 13.9. The Hall–Kier alpha value is -2.86. The smallest absolute Gasteiger partial charge is 0.274 e. The highest BCUT2D eigenvalue weighted by atomic mass is 35.5. The van der Waals surface area contributed by atoms with Gasteiger partial charge in [0.15, 0.2) is 0 Å². The summed E-state index contributed by atoms with van der Waals surface area (Å²) in [7, 11) is 1.49. The first-order chi connectivity index (χ1) is 12.0. The molecule has 0 unspecified atom stereocenters. The van der Waals surface area contributed by atoms with E-state index in [1.807, 2.05) is 6.92 Å². The van der Waals surface area contributed by atoms with Crippen molar-refractivity contribution >= 4 is 29.1 Å². The number of nitrogens with one attached hydrogen (secondary N) is 2. The molecule has 0 saturated carbocycles. The van der Waals surface area contributed by atoms with E-state index >= 15 is 0 Å². The van der Waals surface area contributed by atoms with E-state index in [4.69, 9.17) is 16.3 Å². The van der Waals surface area contributed by atoms with Crippen LogP contribution in [0.4, 0.5) is 5.69 Å². The van der Waals surface area contributed by atoms with Crippen LogP contribution < -0.4 is 15.4 Å². The molecule has 0 bridgehead atoms. The molecule has 0 aliphatic carbocycles. The monoisotopic (exact) mass is 359 g/mol. The van der Waals surface area contributed by atoms with Gasteiger partial charge in [0.05, 0.1) is 12.8 Å². The van der Waals surface area contributed by atoms with Crippen LogP contribution in [0.1, 0.15) is 26.4 Å². The fourth-order valence-electron chi connectivity index (χ4n) is 2.08. The van der Waals surface area contributed by atoms with Gasteiger partial charge in [-0.2, -0.15) is 0 Å². The van der Waals surface area contributed by atoms with Gasteiger partial charge in [0.1, 0.15) is 11.4 Å². The van der Waals surface area contributed by atoms with Crippen molar-refractivity contribution in [2.45, 2.75) is 6.92 Å². The van der Waals surface area contributed by atoms with Crippen molar-refractivity contribution in [3.05, 3.63) is 65.0 Å². The van der Waals surface area contributed by atoms with Crippen molar-refractivity contribution < 1.29 is 14.3 Å². The number of carbonyl (C=O) groups excluding carboxylic acids is 2. The number of nitrogens with zero attached hydrogens (tertiary/aromatic N) is 1. The summed E-state index contributed by atoms with van der Waals surface area (Å²) in [5, 5.41) is 5.90. The van der Waals surface area contributed by atoms with Crippen LogP contribution in [0.3, 0.4) is 0 Å². The fraction of sp³-hybridized carbons (Fsp3) is 0.167. The van der Waals surface area contributed by atoms with E-state index in [2.05, 4.69) is 22.2 Å². The van der Waals surface area contributed by atoms with E-state index in [-0.39, 0.29) is 11.6 Å². The number of halogens is 1. The van der Waals surface area contributed by atoms with Gasteiger partial charge in [0, 0.05) is 29.4 Å². The number of hydrogen-bond acceptors (Lipinski definition) is 4. The molecule has 2 rings (SSSR count). The van der Waals surface area contributed by atoms with Crippen molar-refractivity contribution in [3.63, 3.8) is 0 Å². The van der Waals surface area contributed by atoms with Crippen molar-refractivity contribution in [3.8, 4) is 5.75 Å². The van der Waals surface area contributed by atoms with E-state index in [9.17, 15) is 9.59 Å². The van der Waals surface area contributed by atoms with Crippen LogP contribution in [0.15, 0.2) is 43.1 Å². The number of aromatic nitrogens is 1. The third-order valence-electron chi connectivity index (χ3n) is 3.39. The number of benzene rings is 1. The lowest BCUT2D eigenvalue weighted by Crippen LogP contribution is -2.24. The SMILES string of the molecule is C=CCNC(=O)c1ccnc(C(=O)Nc2cc(C)c(Cl)cc2OC)c1. The molecular formula is C18H18ClN3O3. The summed E-state index contributed by atoms with van der Waals surface area (Å²) in [6.07, 6.45) is 2.98. The average Bonchev–Trinajstić information content (AvgIpc) is 2.62. The van der Waals surface area contributed by atoms with Gasteiger partial charge < -0.3 is 15.4 Å². The van der Waals surface area contributed by atoms with E-state index in [0.29, 0.717) is 28.6 Å². The van der Waals surface area contributed by atoms with Crippen LogP contribution in [-0.4, -0.2) is 30.5 Å². The first kappa shape index (κ1) is 18.5. The molecule has 0 aliphatic heterocycles. The molecule has 0 saturated heterocycles. The number of carbonyl (C=O) groups is 2. The summed E-state index contributed by atoms with van der Waals surface area (Å²) in [4.78, 5) is 28.4. The molecule has 0 radical (unpaired) electrons. The van der Waals surface area contributed by atoms with Crippen molar-refractivity contribution in [2.75, 3.05) is 19.0 Å². The molecule has 7 heteroatoms. The van der Waals surface area contributed by atoms with Crippen molar-refractivity contribution in [1.82, 2.24) is 10.3 Å². The lowest BCUT2D eigenvalue weighted by Gasteiger charge is -2.12. The van der Waals surface area contributed by atoms with Gasteiger partial charge in [-0.25, -0.2) is 0 Å². The van der Waals surface area contributed by atoms with E-state index in [0.717, 1.165) is 5.56 Å². The maximum Gasteiger partial charge on any atom is 0.274 e. The molecule has 1 heterocycles. The summed E-state index contributed by atoms with van der Waals surface area (Å²) in [6.45, 7) is 5.69. The molecule has 25 heavy (non-hydrogen) atoms. The standard InChI is InChI=1S/C18H18ClN3O3/c1-4-6-21-17(23)12-5-7-20-15(9-12)18(24)22-14-8-11(2)13(19)10-16(14)25-3/h4-5,7-10H,1,6H2,2-3H3,(H,21,23)(H,22,24). The molecule has 0 spiro atoms. The molecule has 2 amide bonds. The first-order valence-electron chi connectivity index (χ1n) is 7.47. The van der Waals surface area contributed by atoms with Crippen LogP contribution in [0.2, 0.25) is 5.02 Å². The van der Waals surface area contributed by atoms with Gasteiger partial charge in [-0.05, 0) is 30.7 Å². The van der Waals surface area contributed by atoms with Crippen LogP contribution in [0, 0.1) is 6.92 Å². The van der Waals surface area contributed by atoms with Crippen LogP contribution in [-0.2, 0) is 0 Å². The number of methoxy groups -OCH3 is 1. The van der Waals surface area contributed by atoms with Gasteiger partial charge >= 0.3 is 0 Å². The van der Waals surface area contributed by atoms with Crippen LogP contribution in [0.25, 0.3) is 0 Å². The number of anilines is 1. The second-order valence-electron chi connectivity index (χ2n) is 5.18. The summed E-state index contributed by atoms with van der Waals surface area (Å²) in [6, 6.07) is 6.28. The number of pyridine rings is 1. The largest absolute Gasteiger partial charge is 0.495 e. The average molecular weight is 360 g/mol. The Morgan fingerprint density at radius 2 is 2.08 bits per heavy atom. The lowest BCUT2D eigenvalue weighted by molar-refractivity contribution is 0.0958. The van der Waals surface area contributed by atoms with Gasteiger partial charge in [0.25, 0.3) is 11.8 Å². The molecule has 0 fully saturated rings. The quantitative estimate of drug-likeness (QED) is 0.776. The maximum absolute atomic E-state index is 12.5. The minimum absolute atomic E-state index is 0.112. The van der Waals surface area contributed by atoms with Crippen LogP contribution in [0.5, 0.6) is 5.75 Å². The Morgan fingerprint density at radius 3 is 2.76 bits per heavy atom. The highest BCUT2D eigenvalue weighted by molar-refractivity contribution is 6.31. The maximum atomic E-state index is 12.5. The molecule has 1 aromatic carbocycles. The molecule has 0 atom stereocenters. The Bertz CT molecular complexity index is 821. The number of amides is 2. The predicted octanol–water partition coefficient (Wildman–Crippen LogP) is 3.22. The third kappa shape index (κ3) is 4.58. The summed E-state index contributed by atoms with van der Waals surface area (Å²) >= 11 is 6.06. The number of ether oxygens (including phenoxy) is 1. The molecular weight excluding hydrogens is 342 g/mol. The zero-order chi connectivity index (χ0) is 18.4. The molecule has 130 valence electrons. The molecule has 2 N–H and O–H groups in total. The minimum atomic E-state index is -0.460.